The van der Waals surface area contributed by atoms with Crippen LogP contribution in [0.4, 0.5) is 28.4 Å². The highest BCUT2D eigenvalue weighted by molar-refractivity contribution is 6.11. The monoisotopic (exact) mass is 860 g/mol. The second kappa shape index (κ2) is 15.3. The largest absolute Gasteiger partial charge is 0.454 e. The highest BCUT2D eigenvalue weighted by Crippen LogP contribution is 2.58. The molecular weight excluding hydrogens is 805 g/mol. The van der Waals surface area contributed by atoms with E-state index in [-0.39, 0.29) is 23.8 Å². The van der Waals surface area contributed by atoms with Gasteiger partial charge in [-0.2, -0.15) is 0 Å². The first-order chi connectivity index (χ1) is 32.0. The van der Waals surface area contributed by atoms with Crippen LogP contribution >= 0.6 is 0 Å². The molecular formula is C62H56N2O2. The van der Waals surface area contributed by atoms with Gasteiger partial charge in [0.15, 0.2) is 11.2 Å². The van der Waals surface area contributed by atoms with Gasteiger partial charge in [0.2, 0.25) is 0 Å². The van der Waals surface area contributed by atoms with Crippen molar-refractivity contribution in [2.75, 3.05) is 9.80 Å². The molecule has 66 heavy (non-hydrogen) atoms. The number of para-hydroxylation sites is 4. The first kappa shape index (κ1) is 40.5. The van der Waals surface area contributed by atoms with E-state index in [0.717, 1.165) is 67.4 Å². The van der Waals surface area contributed by atoms with Gasteiger partial charge in [-0.1, -0.05) is 130 Å². The maximum absolute atomic E-state index is 6.89. The van der Waals surface area contributed by atoms with Crippen LogP contribution in [0, 0.1) is 39.5 Å². The molecule has 9 aromatic rings. The van der Waals surface area contributed by atoms with Gasteiger partial charge >= 0.3 is 0 Å². The number of benzene rings is 7. The smallest absolute Gasteiger partial charge is 0.159 e. The van der Waals surface area contributed by atoms with Crippen LogP contribution in [0.1, 0.15) is 90.5 Å². The molecule has 3 unspecified atom stereocenters. The van der Waals surface area contributed by atoms with Crippen molar-refractivity contribution in [1.82, 2.24) is 0 Å². The third-order valence-corrected chi connectivity index (χ3v) is 15.3. The molecule has 4 nitrogen and oxygen atoms in total. The first-order valence-electron chi connectivity index (χ1n) is 23.9. The zero-order valence-electron chi connectivity index (χ0n) is 39.2. The lowest BCUT2D eigenvalue weighted by Crippen LogP contribution is -2.45. The zero-order chi connectivity index (χ0) is 45.1. The minimum Gasteiger partial charge on any atom is -0.454 e. The molecule has 0 N–H and O–H groups in total. The van der Waals surface area contributed by atoms with Crippen molar-refractivity contribution in [1.29, 1.82) is 0 Å². The van der Waals surface area contributed by atoms with Gasteiger partial charge in [-0.25, -0.2) is 0 Å². The number of allylic oxidation sites excluding steroid dienone is 2. The van der Waals surface area contributed by atoms with E-state index in [0.29, 0.717) is 5.92 Å². The average molecular weight is 861 g/mol. The van der Waals surface area contributed by atoms with Gasteiger partial charge in [0, 0.05) is 56.4 Å². The fraction of sp³-hybridized carbons (Fsp3) is 0.226. The van der Waals surface area contributed by atoms with Gasteiger partial charge in [0.1, 0.15) is 11.2 Å². The first-order valence-corrected chi connectivity index (χ1v) is 23.9. The molecule has 0 bridgehead atoms. The minimum absolute atomic E-state index is 0.104. The summed E-state index contributed by atoms with van der Waals surface area (Å²) in [4.78, 5) is 5.16. The standard InChI is InChI=1S/C62H56N2O2/c1-35(2)51-33-55(63(41-25-23-37(5)39(7)31-41)53-19-13-17-47-43-15-9-11-21-57(43)65-61(47)53)49-30-28-46-52(36(3)4)34-56(50-29-27-45(51)59(49)60(46)50)64(42-26-24-38(6)40(8)32-42)54-20-14-18-48-44-16-10-12-22-58(44)66-62(48)54/h9-33,35-36,50,56,60H,34H2,1-8H3. The minimum atomic E-state index is 0.104. The molecule has 2 aromatic heterocycles. The van der Waals surface area contributed by atoms with Crippen LogP contribution in [0.3, 0.4) is 0 Å². The van der Waals surface area contributed by atoms with E-state index in [4.69, 9.17) is 8.83 Å². The molecule has 0 saturated heterocycles. The normalized spacial score (nSPS) is 17.6. The third-order valence-electron chi connectivity index (χ3n) is 15.3. The molecule has 326 valence electrons. The molecule has 0 amide bonds. The average Bonchev–Trinajstić information content (AvgIpc) is 3.90. The highest BCUT2D eigenvalue weighted by atomic mass is 16.3. The summed E-state index contributed by atoms with van der Waals surface area (Å²) >= 11 is 0. The summed E-state index contributed by atoms with van der Waals surface area (Å²) in [6.45, 7) is 18.4. The van der Waals surface area contributed by atoms with Crippen molar-refractivity contribution in [3.63, 3.8) is 0 Å². The number of rotatable bonds is 8. The quantitative estimate of drug-likeness (QED) is 0.152. The fourth-order valence-corrected chi connectivity index (χ4v) is 11.7. The van der Waals surface area contributed by atoms with Crippen LogP contribution in [0.15, 0.2) is 160 Å². The Morgan fingerprint density at radius 1 is 0.515 bits per heavy atom. The third kappa shape index (κ3) is 6.10. The molecule has 0 spiro atoms. The Morgan fingerprint density at radius 2 is 1.11 bits per heavy atom. The van der Waals surface area contributed by atoms with E-state index in [2.05, 4.69) is 217 Å². The molecule has 3 atom stereocenters. The van der Waals surface area contributed by atoms with Crippen molar-refractivity contribution < 1.29 is 8.83 Å². The van der Waals surface area contributed by atoms with Crippen molar-refractivity contribution in [3.05, 3.63) is 195 Å². The van der Waals surface area contributed by atoms with Crippen LogP contribution in [0.5, 0.6) is 0 Å². The summed E-state index contributed by atoms with van der Waals surface area (Å²) in [5.74, 6) is 0.960. The van der Waals surface area contributed by atoms with Gasteiger partial charge in [-0.3, -0.25) is 0 Å². The summed E-state index contributed by atoms with van der Waals surface area (Å²) in [6.07, 6.45) is 11.0. The number of fused-ring (bicyclic) bond motifs is 6. The van der Waals surface area contributed by atoms with E-state index in [1.54, 1.807) is 0 Å². The summed E-state index contributed by atoms with van der Waals surface area (Å²) < 4.78 is 13.7. The molecule has 12 rings (SSSR count). The van der Waals surface area contributed by atoms with E-state index >= 15 is 0 Å². The Bertz CT molecular complexity index is 3550. The lowest BCUT2D eigenvalue weighted by molar-refractivity contribution is 0.398. The summed E-state index contributed by atoms with van der Waals surface area (Å²) in [5, 5.41) is 4.56. The maximum Gasteiger partial charge on any atom is 0.159 e. The van der Waals surface area contributed by atoms with Gasteiger partial charge in [0.25, 0.3) is 0 Å². The lowest BCUT2D eigenvalue weighted by Gasteiger charge is -2.49. The van der Waals surface area contributed by atoms with Crippen LogP contribution in [0.25, 0.3) is 56.0 Å². The summed E-state index contributed by atoms with van der Waals surface area (Å²) in [5.41, 5.74) is 22.9. The Hall–Kier alpha value is -7.04. The van der Waals surface area contributed by atoms with E-state index < -0.39 is 0 Å². The van der Waals surface area contributed by atoms with Crippen molar-refractivity contribution in [2.45, 2.75) is 79.7 Å². The molecule has 0 aliphatic heterocycles. The molecule has 4 heteroatoms. The van der Waals surface area contributed by atoms with E-state index in [9.17, 15) is 0 Å². The molecule has 3 aliphatic carbocycles. The lowest BCUT2D eigenvalue weighted by atomic mass is 9.60. The Labute approximate surface area is 388 Å². The Morgan fingerprint density at radius 3 is 1.74 bits per heavy atom. The van der Waals surface area contributed by atoms with Gasteiger partial charge in [0.05, 0.1) is 17.1 Å². The summed E-state index contributed by atoms with van der Waals surface area (Å²) in [6, 6.07) is 46.8. The van der Waals surface area contributed by atoms with Crippen molar-refractivity contribution in [3.8, 4) is 0 Å². The molecule has 0 fully saturated rings. The Balaban J connectivity index is 1.12. The van der Waals surface area contributed by atoms with Crippen LogP contribution in [0.2, 0.25) is 0 Å². The van der Waals surface area contributed by atoms with Crippen molar-refractivity contribution in [2.24, 2.45) is 11.8 Å². The second-order valence-electron chi connectivity index (χ2n) is 19.8. The molecule has 3 aliphatic rings. The van der Waals surface area contributed by atoms with Gasteiger partial charge < -0.3 is 18.6 Å². The van der Waals surface area contributed by atoms with Gasteiger partial charge in [-0.05, 0) is 145 Å². The van der Waals surface area contributed by atoms with E-state index in [1.165, 1.54) is 67.0 Å². The fourth-order valence-electron chi connectivity index (χ4n) is 11.7. The zero-order valence-corrected chi connectivity index (χ0v) is 39.2. The number of nitrogens with zero attached hydrogens (tertiary/aromatic N) is 2. The predicted molar refractivity (Wildman–Crippen MR) is 278 cm³/mol. The number of hydrogen-bond donors (Lipinski definition) is 0. The number of aryl methyl sites for hydroxylation is 4. The van der Waals surface area contributed by atoms with E-state index in [1.807, 2.05) is 0 Å². The van der Waals surface area contributed by atoms with Crippen molar-refractivity contribution >= 4 is 84.5 Å². The second-order valence-corrected chi connectivity index (χ2v) is 19.8. The molecule has 0 saturated carbocycles. The summed E-state index contributed by atoms with van der Waals surface area (Å²) in [7, 11) is 0. The van der Waals surface area contributed by atoms with Crippen LogP contribution in [-0.4, -0.2) is 6.04 Å². The maximum atomic E-state index is 6.89. The Kier molecular flexibility index (Phi) is 9.36. The number of hydrogen-bond acceptors (Lipinski definition) is 4. The number of furan rings is 2. The number of anilines is 5. The van der Waals surface area contributed by atoms with Gasteiger partial charge in [-0.15, -0.1) is 0 Å². The van der Waals surface area contributed by atoms with Crippen LogP contribution < -0.4 is 9.80 Å². The molecule has 2 heterocycles. The highest BCUT2D eigenvalue weighted by Gasteiger charge is 2.46. The predicted octanol–water partition coefficient (Wildman–Crippen LogP) is 17.6. The topological polar surface area (TPSA) is 32.8 Å². The SMILES string of the molecule is Cc1ccc(N(c2cc(C(C)C)c3c4c2C=CC2=C(C(C)C)CC(N(c5ccc(C)c(C)c5)c5cccc6c5oc5ccccc56)C(C=C3)C24)c2cccc3c2oc2ccccc23)cc1C. The molecule has 0 radical (unpaired) electrons. The molecule has 7 aromatic carbocycles. The van der Waals surface area contributed by atoms with Crippen LogP contribution in [-0.2, 0) is 0 Å².